The monoisotopic (exact) mass is 465 g/mol. The van der Waals surface area contributed by atoms with Crippen molar-refractivity contribution < 1.29 is 18.7 Å². The van der Waals surface area contributed by atoms with Gasteiger partial charge in [0, 0.05) is 19.7 Å². The number of alkyl halides is 1. The number of imide groups is 1. The molecule has 4 rings (SSSR count). The van der Waals surface area contributed by atoms with E-state index in [9.17, 15) is 9.59 Å². The second-order valence-electron chi connectivity index (χ2n) is 7.75. The van der Waals surface area contributed by atoms with E-state index >= 15 is 4.39 Å². The van der Waals surface area contributed by atoms with Gasteiger partial charge in [-0.2, -0.15) is 0 Å². The Bertz CT molecular complexity index is 1100. The number of ether oxygens (including phenoxy) is 1. The van der Waals surface area contributed by atoms with Gasteiger partial charge in [-0.25, -0.2) is 9.37 Å². The Morgan fingerprint density at radius 3 is 2.42 bits per heavy atom. The van der Waals surface area contributed by atoms with E-state index in [0.717, 1.165) is 16.3 Å². The van der Waals surface area contributed by atoms with E-state index in [1.165, 1.54) is 0 Å². The number of benzene rings is 2. The second kappa shape index (κ2) is 10.0. The van der Waals surface area contributed by atoms with Crippen molar-refractivity contribution in [3.05, 3.63) is 90.1 Å². The molecule has 33 heavy (non-hydrogen) atoms. The lowest BCUT2D eigenvalue weighted by molar-refractivity contribution is -0.134. The van der Waals surface area contributed by atoms with E-state index in [1.54, 1.807) is 42.6 Å². The maximum absolute atomic E-state index is 15.5. The van der Waals surface area contributed by atoms with Crippen LogP contribution < -0.4 is 9.64 Å². The summed E-state index contributed by atoms with van der Waals surface area (Å²) in [5.74, 6) is 0.701. The van der Waals surface area contributed by atoms with Crippen LogP contribution in [0.3, 0.4) is 0 Å². The molecule has 1 aliphatic heterocycles. The molecule has 1 atom stereocenters. The quantitative estimate of drug-likeness (QED) is 0.457. The van der Waals surface area contributed by atoms with Crippen LogP contribution in [0.5, 0.6) is 5.75 Å². The summed E-state index contributed by atoms with van der Waals surface area (Å²) in [6.45, 7) is 1.17. The lowest BCUT2D eigenvalue weighted by Gasteiger charge is -2.19. The largest absolute Gasteiger partial charge is 0.492 e. The third kappa shape index (κ3) is 5.51. The third-order valence-corrected chi connectivity index (χ3v) is 6.35. The highest BCUT2D eigenvalue weighted by Gasteiger charge is 2.53. The number of hydrogen-bond donors (Lipinski definition) is 0. The number of aromatic nitrogens is 1. The van der Waals surface area contributed by atoms with Crippen molar-refractivity contribution in [1.29, 1.82) is 0 Å². The van der Waals surface area contributed by atoms with Gasteiger partial charge in [-0.05, 0) is 47.2 Å². The van der Waals surface area contributed by atoms with Crippen LogP contribution in [0, 0.1) is 0 Å². The predicted octanol–water partition coefficient (Wildman–Crippen LogP) is 4.70. The Hall–Kier alpha value is -3.39. The molecule has 0 radical (unpaired) electrons. The molecule has 1 aliphatic rings. The predicted molar refractivity (Wildman–Crippen MR) is 127 cm³/mol. The fraction of sp³-hybridized carbons (Fsp3) is 0.240. The van der Waals surface area contributed by atoms with Crippen molar-refractivity contribution in [2.45, 2.75) is 18.0 Å². The summed E-state index contributed by atoms with van der Waals surface area (Å²) < 4.78 is 21.2. The molecule has 1 aromatic heterocycles. The van der Waals surface area contributed by atoms with Crippen LogP contribution in [0.2, 0.25) is 0 Å². The van der Waals surface area contributed by atoms with Crippen molar-refractivity contribution in [3.8, 4) is 5.75 Å². The van der Waals surface area contributed by atoms with Crippen LogP contribution in [0.4, 0.5) is 15.0 Å². The van der Waals surface area contributed by atoms with Gasteiger partial charge in [0.05, 0.1) is 13.1 Å². The van der Waals surface area contributed by atoms with Gasteiger partial charge in [-0.3, -0.25) is 14.5 Å². The Balaban J connectivity index is 1.31. The average Bonchev–Trinajstić information content (AvgIpc) is 3.04. The van der Waals surface area contributed by atoms with Gasteiger partial charge in [0.1, 0.15) is 18.2 Å². The summed E-state index contributed by atoms with van der Waals surface area (Å²) in [5.41, 5.74) is 1.39. The minimum atomic E-state index is -2.31. The van der Waals surface area contributed by atoms with Gasteiger partial charge in [-0.15, -0.1) is 0 Å². The molecule has 2 amide bonds. The number of carbonyl (C=O) groups excluding carboxylic acids is 2. The van der Waals surface area contributed by atoms with Gasteiger partial charge in [0.25, 0.3) is 11.1 Å². The van der Waals surface area contributed by atoms with Crippen molar-refractivity contribution in [3.63, 3.8) is 0 Å². The van der Waals surface area contributed by atoms with Gasteiger partial charge < -0.3 is 9.64 Å². The fourth-order valence-corrected chi connectivity index (χ4v) is 4.47. The second-order valence-corrected chi connectivity index (χ2v) is 8.95. The van der Waals surface area contributed by atoms with Gasteiger partial charge in [0.15, 0.2) is 0 Å². The van der Waals surface area contributed by atoms with Crippen molar-refractivity contribution in [2.75, 3.05) is 25.1 Å². The topological polar surface area (TPSA) is 62.7 Å². The standard InChI is InChI=1S/C25H24FN3O3S/c1-28(22-9-5-6-14-27-22)15-16-32-21-12-10-19(11-13-21)17-25(26)23(30)29(24(31)33-25)18-20-7-3-2-4-8-20/h2-14H,15-18H2,1H3. The maximum Gasteiger partial charge on any atom is 0.292 e. The van der Waals surface area contributed by atoms with Crippen LogP contribution in [0.25, 0.3) is 0 Å². The molecule has 0 N–H and O–H groups in total. The van der Waals surface area contributed by atoms with Gasteiger partial charge in [0.2, 0.25) is 5.00 Å². The first-order valence-corrected chi connectivity index (χ1v) is 11.4. The summed E-state index contributed by atoms with van der Waals surface area (Å²) in [6.07, 6.45) is 1.56. The van der Waals surface area contributed by atoms with Crippen LogP contribution in [-0.2, 0) is 17.8 Å². The lowest BCUT2D eigenvalue weighted by Crippen LogP contribution is -2.37. The van der Waals surface area contributed by atoms with E-state index in [0.29, 0.717) is 36.2 Å². The molecule has 1 fully saturated rings. The van der Waals surface area contributed by atoms with Crippen LogP contribution in [-0.4, -0.2) is 46.2 Å². The van der Waals surface area contributed by atoms with E-state index in [-0.39, 0.29) is 13.0 Å². The molecule has 2 heterocycles. The number of likely N-dealkylation sites (N-methyl/N-ethyl adjacent to an activating group) is 1. The number of amides is 2. The number of halogens is 1. The van der Waals surface area contributed by atoms with E-state index in [1.807, 2.05) is 48.3 Å². The zero-order chi connectivity index (χ0) is 23.3. The first-order valence-electron chi connectivity index (χ1n) is 10.6. The Morgan fingerprint density at radius 1 is 1.00 bits per heavy atom. The number of rotatable bonds is 9. The zero-order valence-electron chi connectivity index (χ0n) is 18.2. The maximum atomic E-state index is 15.5. The van der Waals surface area contributed by atoms with E-state index in [4.69, 9.17) is 4.74 Å². The van der Waals surface area contributed by atoms with Crippen LogP contribution >= 0.6 is 11.8 Å². The van der Waals surface area contributed by atoms with Crippen LogP contribution in [0.15, 0.2) is 79.0 Å². The Labute approximate surface area is 196 Å². The number of pyridine rings is 1. The molecule has 0 aliphatic carbocycles. The Morgan fingerprint density at radius 2 is 1.73 bits per heavy atom. The molecule has 0 bridgehead atoms. The van der Waals surface area contributed by atoms with E-state index in [2.05, 4.69) is 4.98 Å². The molecule has 3 aromatic rings. The first-order chi connectivity index (χ1) is 15.9. The molecular formula is C25H24FN3O3S. The number of nitrogens with zero attached hydrogens (tertiary/aromatic N) is 3. The molecule has 2 aromatic carbocycles. The molecule has 6 nitrogen and oxygen atoms in total. The first kappa shape index (κ1) is 22.8. The lowest BCUT2D eigenvalue weighted by atomic mass is 10.1. The number of thioether (sulfide) groups is 1. The van der Waals surface area contributed by atoms with Crippen molar-refractivity contribution >= 4 is 28.7 Å². The SMILES string of the molecule is CN(CCOc1ccc(CC2(F)SC(=O)N(Cc3ccccc3)C2=O)cc1)c1ccccn1. The highest BCUT2D eigenvalue weighted by molar-refractivity contribution is 8.15. The Kier molecular flexibility index (Phi) is 6.93. The summed E-state index contributed by atoms with van der Waals surface area (Å²) in [6, 6.07) is 21.7. The summed E-state index contributed by atoms with van der Waals surface area (Å²) in [4.78, 5) is 32.3. The molecule has 1 unspecified atom stereocenters. The van der Waals surface area contributed by atoms with Crippen molar-refractivity contribution in [2.24, 2.45) is 0 Å². The summed E-state index contributed by atoms with van der Waals surface area (Å²) >= 11 is 0.445. The highest BCUT2D eigenvalue weighted by atomic mass is 32.2. The minimum Gasteiger partial charge on any atom is -0.492 e. The molecule has 1 saturated heterocycles. The fourth-order valence-electron chi connectivity index (χ4n) is 3.50. The molecular weight excluding hydrogens is 441 g/mol. The van der Waals surface area contributed by atoms with Crippen LogP contribution in [0.1, 0.15) is 11.1 Å². The van der Waals surface area contributed by atoms with Gasteiger partial charge >= 0.3 is 0 Å². The number of hydrogen-bond acceptors (Lipinski definition) is 6. The normalized spacial score (nSPS) is 17.9. The number of carbonyl (C=O) groups is 2. The molecule has 8 heteroatoms. The highest BCUT2D eigenvalue weighted by Crippen LogP contribution is 2.42. The van der Waals surface area contributed by atoms with E-state index < -0.39 is 16.1 Å². The van der Waals surface area contributed by atoms with Gasteiger partial charge in [-0.1, -0.05) is 48.5 Å². The average molecular weight is 466 g/mol. The summed E-state index contributed by atoms with van der Waals surface area (Å²) in [5, 5.41) is -2.87. The van der Waals surface area contributed by atoms with Crippen molar-refractivity contribution in [1.82, 2.24) is 9.88 Å². The molecule has 0 spiro atoms. The minimum absolute atomic E-state index is 0.0664. The molecule has 170 valence electrons. The smallest absolute Gasteiger partial charge is 0.292 e. The third-order valence-electron chi connectivity index (χ3n) is 5.31. The number of anilines is 1. The summed E-state index contributed by atoms with van der Waals surface area (Å²) in [7, 11) is 1.94. The molecule has 0 saturated carbocycles. The zero-order valence-corrected chi connectivity index (χ0v) is 19.0.